The van der Waals surface area contributed by atoms with E-state index in [4.69, 9.17) is 13.6 Å². The van der Waals surface area contributed by atoms with Gasteiger partial charge in [0.05, 0.1) is 13.8 Å². The lowest BCUT2D eigenvalue weighted by Gasteiger charge is -2.28. The van der Waals surface area contributed by atoms with E-state index < -0.39 is 17.6 Å². The Kier molecular flexibility index (Phi) is 4.79. The van der Waals surface area contributed by atoms with Gasteiger partial charge in [-0.1, -0.05) is 12.1 Å². The van der Waals surface area contributed by atoms with Gasteiger partial charge in [-0.25, -0.2) is 4.79 Å². The van der Waals surface area contributed by atoms with Crippen molar-refractivity contribution in [2.75, 3.05) is 13.8 Å². The molecule has 1 atom stereocenters. The number of urea groups is 1. The number of ether oxygens (including phenoxy) is 1. The van der Waals surface area contributed by atoms with Crippen LogP contribution < -0.4 is 20.7 Å². The maximum Gasteiger partial charge on any atom is 0.323 e. The Hall–Kier alpha value is -4.71. The van der Waals surface area contributed by atoms with Gasteiger partial charge in [0.2, 0.25) is 17.4 Å². The first-order valence-electron chi connectivity index (χ1n) is 11.1. The summed E-state index contributed by atoms with van der Waals surface area (Å²) in [5.41, 5.74) is 0.734. The lowest BCUT2D eigenvalue weighted by atomic mass is 10.1. The van der Waals surface area contributed by atoms with Gasteiger partial charge in [-0.15, -0.1) is 10.2 Å². The van der Waals surface area contributed by atoms with Gasteiger partial charge < -0.3 is 23.8 Å². The second-order valence-corrected chi connectivity index (χ2v) is 8.51. The number of furan rings is 1. The summed E-state index contributed by atoms with van der Waals surface area (Å²) >= 11 is 0. The van der Waals surface area contributed by atoms with E-state index in [1.165, 1.54) is 12.0 Å². The van der Waals surface area contributed by atoms with E-state index in [0.717, 1.165) is 5.56 Å². The molecule has 4 heterocycles. The lowest BCUT2D eigenvalue weighted by Crippen LogP contribution is -2.58. The minimum Gasteiger partial charge on any atom is -0.497 e. The molecule has 12 heteroatoms. The molecule has 0 radical (unpaired) electrons. The molecule has 0 spiro atoms. The molecule has 3 N–H and O–H groups in total. The van der Waals surface area contributed by atoms with Crippen LogP contribution in [0.25, 0.3) is 22.4 Å². The van der Waals surface area contributed by atoms with Crippen LogP contribution in [-0.2, 0) is 17.0 Å². The predicted octanol–water partition coefficient (Wildman–Crippen LogP) is 2.00. The average Bonchev–Trinajstić information content (AvgIpc) is 3.63. The molecule has 0 bridgehead atoms. The third-order valence-corrected chi connectivity index (χ3v) is 6.26. The van der Waals surface area contributed by atoms with Crippen LogP contribution in [0.4, 0.5) is 4.79 Å². The SMILES string of the molecule is COc1ccc2c(c1)C(=O)N(CN[C@@]1(c3cc4ccc(-c5nnc(C)o5)cc4o3)NC(=O)NC1=O)C2. The standard InChI is InChI=1S/C24H20N6O6/c1-12-28-29-20(35-12)14-4-3-13-8-19(36-18(13)7-14)24(22(32)26-23(33)27-24)25-11-30-10-15-5-6-16(34-2)9-17(15)21(30)31/h3-9,25H,10-11H2,1-2H3,(H2,26,27,32,33)/t24-/m0/s1. The number of rotatable bonds is 6. The first-order valence-corrected chi connectivity index (χ1v) is 11.1. The number of carbonyl (C=O) groups excluding carboxylic acids is 3. The molecule has 2 aliphatic rings. The summed E-state index contributed by atoms with van der Waals surface area (Å²) < 4.78 is 16.7. The highest BCUT2D eigenvalue weighted by Crippen LogP contribution is 2.32. The van der Waals surface area contributed by atoms with Crippen molar-refractivity contribution in [1.29, 1.82) is 0 Å². The molecule has 0 unspecified atom stereocenters. The van der Waals surface area contributed by atoms with Gasteiger partial charge in [0.15, 0.2) is 5.76 Å². The number of benzene rings is 2. The lowest BCUT2D eigenvalue weighted by molar-refractivity contribution is -0.126. The number of nitrogens with one attached hydrogen (secondary N) is 3. The molecule has 2 aliphatic heterocycles. The van der Waals surface area contributed by atoms with Crippen LogP contribution in [0.3, 0.4) is 0 Å². The average molecular weight is 488 g/mol. The summed E-state index contributed by atoms with van der Waals surface area (Å²) in [6, 6.07) is 11.5. The van der Waals surface area contributed by atoms with Crippen LogP contribution in [0.2, 0.25) is 0 Å². The van der Waals surface area contributed by atoms with Crippen molar-refractivity contribution in [3.8, 4) is 17.2 Å². The molecule has 12 nitrogen and oxygen atoms in total. The van der Waals surface area contributed by atoms with E-state index in [9.17, 15) is 14.4 Å². The van der Waals surface area contributed by atoms with Crippen molar-refractivity contribution < 1.29 is 28.0 Å². The highest BCUT2D eigenvalue weighted by atomic mass is 16.5. The molecule has 4 aromatic rings. The number of methoxy groups -OCH3 is 1. The molecule has 6 rings (SSSR count). The van der Waals surface area contributed by atoms with Gasteiger partial charge in [0.1, 0.15) is 11.3 Å². The number of carbonyl (C=O) groups is 3. The van der Waals surface area contributed by atoms with Crippen molar-refractivity contribution in [3.05, 3.63) is 65.2 Å². The number of aryl methyl sites for hydroxylation is 1. The number of aromatic nitrogens is 2. The molecular weight excluding hydrogens is 468 g/mol. The van der Waals surface area contributed by atoms with Crippen LogP contribution in [-0.4, -0.2) is 46.7 Å². The van der Waals surface area contributed by atoms with E-state index in [-0.39, 0.29) is 18.3 Å². The summed E-state index contributed by atoms with van der Waals surface area (Å²) in [6.45, 7) is 1.99. The van der Waals surface area contributed by atoms with E-state index in [1.807, 2.05) is 6.07 Å². The molecule has 1 saturated heterocycles. The normalized spacial score (nSPS) is 19.1. The van der Waals surface area contributed by atoms with Crippen molar-refractivity contribution in [1.82, 2.24) is 31.0 Å². The molecule has 2 aromatic heterocycles. The van der Waals surface area contributed by atoms with Crippen LogP contribution in [0, 0.1) is 6.92 Å². The van der Waals surface area contributed by atoms with Crippen molar-refractivity contribution in [3.63, 3.8) is 0 Å². The Morgan fingerprint density at radius 1 is 1.11 bits per heavy atom. The Bertz CT molecular complexity index is 1560. The minimum atomic E-state index is -1.72. The summed E-state index contributed by atoms with van der Waals surface area (Å²) in [6.07, 6.45) is 0. The van der Waals surface area contributed by atoms with Crippen LogP contribution in [0.1, 0.15) is 27.6 Å². The Morgan fingerprint density at radius 3 is 2.69 bits per heavy atom. The molecule has 0 aliphatic carbocycles. The van der Waals surface area contributed by atoms with Crippen LogP contribution in [0.15, 0.2) is 51.3 Å². The minimum absolute atomic E-state index is 0.0346. The zero-order valence-corrected chi connectivity index (χ0v) is 19.2. The van der Waals surface area contributed by atoms with Gasteiger partial charge in [-0.2, -0.15) is 0 Å². The molecule has 4 amide bonds. The number of hydrogen-bond acceptors (Lipinski definition) is 9. The van der Waals surface area contributed by atoms with Gasteiger partial charge in [0.25, 0.3) is 11.8 Å². The predicted molar refractivity (Wildman–Crippen MR) is 123 cm³/mol. The Morgan fingerprint density at radius 2 is 1.97 bits per heavy atom. The number of amides is 4. The fourth-order valence-electron chi connectivity index (χ4n) is 4.41. The highest BCUT2D eigenvalue weighted by molar-refractivity contribution is 6.07. The Balaban J connectivity index is 1.31. The second-order valence-electron chi connectivity index (χ2n) is 8.51. The van der Waals surface area contributed by atoms with Gasteiger partial charge in [-0.05, 0) is 35.9 Å². The van der Waals surface area contributed by atoms with E-state index >= 15 is 0 Å². The monoisotopic (exact) mass is 488 g/mol. The highest BCUT2D eigenvalue weighted by Gasteiger charge is 2.51. The first-order chi connectivity index (χ1) is 17.4. The van der Waals surface area contributed by atoms with Crippen LogP contribution >= 0.6 is 0 Å². The number of nitrogens with zero attached hydrogens (tertiary/aromatic N) is 3. The summed E-state index contributed by atoms with van der Waals surface area (Å²) in [5, 5.41) is 16.4. The zero-order valence-electron chi connectivity index (χ0n) is 19.2. The molecule has 182 valence electrons. The van der Waals surface area contributed by atoms with Crippen molar-refractivity contribution in [2.45, 2.75) is 19.1 Å². The van der Waals surface area contributed by atoms with Crippen molar-refractivity contribution >= 4 is 28.8 Å². The largest absolute Gasteiger partial charge is 0.497 e. The topological polar surface area (TPSA) is 152 Å². The third kappa shape index (κ3) is 3.38. The Labute approximate surface area is 203 Å². The molecule has 36 heavy (non-hydrogen) atoms. The van der Waals surface area contributed by atoms with E-state index in [0.29, 0.717) is 46.2 Å². The smallest absolute Gasteiger partial charge is 0.323 e. The van der Waals surface area contributed by atoms with E-state index in [2.05, 4.69) is 26.1 Å². The maximum absolute atomic E-state index is 13.0. The summed E-state index contributed by atoms with van der Waals surface area (Å²) in [4.78, 5) is 39.7. The molecular formula is C24H20N6O6. The third-order valence-electron chi connectivity index (χ3n) is 6.26. The van der Waals surface area contributed by atoms with E-state index in [1.54, 1.807) is 43.3 Å². The van der Waals surface area contributed by atoms with Gasteiger partial charge in [0, 0.05) is 30.0 Å². The fourth-order valence-corrected chi connectivity index (χ4v) is 4.41. The number of fused-ring (bicyclic) bond motifs is 2. The zero-order chi connectivity index (χ0) is 25.0. The van der Waals surface area contributed by atoms with Crippen LogP contribution in [0.5, 0.6) is 5.75 Å². The van der Waals surface area contributed by atoms with Crippen molar-refractivity contribution in [2.24, 2.45) is 0 Å². The summed E-state index contributed by atoms with van der Waals surface area (Å²) in [5.74, 6) is 0.621. The quantitative estimate of drug-likeness (QED) is 0.346. The summed E-state index contributed by atoms with van der Waals surface area (Å²) in [7, 11) is 1.53. The molecule has 0 saturated carbocycles. The first kappa shape index (κ1) is 21.8. The fraction of sp³-hybridized carbons (Fsp3) is 0.208. The maximum atomic E-state index is 13.0. The molecule has 2 aromatic carbocycles. The second kappa shape index (κ2) is 7.92. The molecule has 1 fully saturated rings. The van der Waals surface area contributed by atoms with Gasteiger partial charge in [-0.3, -0.25) is 20.2 Å². The number of hydrogen-bond donors (Lipinski definition) is 3. The van der Waals surface area contributed by atoms with Gasteiger partial charge >= 0.3 is 6.03 Å². The number of imide groups is 1.